The van der Waals surface area contributed by atoms with Gasteiger partial charge >= 0.3 is 12.1 Å². The highest BCUT2D eigenvalue weighted by Crippen LogP contribution is 2.41. The van der Waals surface area contributed by atoms with Crippen LogP contribution in [-0.2, 0) is 11.2 Å². The summed E-state index contributed by atoms with van der Waals surface area (Å²) < 4.78 is 40.2. The Labute approximate surface area is 231 Å². The van der Waals surface area contributed by atoms with Crippen LogP contribution in [0.25, 0.3) is 32.0 Å². The number of nitrogens with zero attached hydrogens (tertiary/aromatic N) is 5. The number of carboxylic acids is 1. The number of carboxylic acid groups (broad SMARTS) is 1. The molecule has 4 aromatic rings. The minimum atomic E-state index is -4.26. The van der Waals surface area contributed by atoms with Crippen molar-refractivity contribution in [2.45, 2.75) is 32.5 Å². The van der Waals surface area contributed by atoms with Gasteiger partial charge in [0.05, 0.1) is 16.6 Å². The fourth-order valence-electron chi connectivity index (χ4n) is 4.78. The monoisotopic (exact) mass is 575 g/mol. The van der Waals surface area contributed by atoms with E-state index in [2.05, 4.69) is 4.98 Å². The van der Waals surface area contributed by atoms with E-state index in [4.69, 9.17) is 21.6 Å². The first kappa shape index (κ1) is 27.3. The zero-order chi connectivity index (χ0) is 27.9. The number of aryl methyl sites for hydroxylation is 1. The van der Waals surface area contributed by atoms with Crippen LogP contribution in [0.15, 0.2) is 42.6 Å². The van der Waals surface area contributed by atoms with Gasteiger partial charge in [-0.25, -0.2) is 15.0 Å². The van der Waals surface area contributed by atoms with Crippen LogP contribution in [0.2, 0.25) is 5.02 Å². The van der Waals surface area contributed by atoms with Gasteiger partial charge in [0.2, 0.25) is 5.95 Å². The third kappa shape index (κ3) is 5.70. The number of carbonyl (C=O) groups is 1. The van der Waals surface area contributed by atoms with Crippen LogP contribution in [0.5, 0.6) is 0 Å². The molecule has 0 amide bonds. The Morgan fingerprint density at radius 3 is 2.46 bits per heavy atom. The smallest absolute Gasteiger partial charge is 0.403 e. The highest BCUT2D eigenvalue weighted by molar-refractivity contribution is 7.22. The quantitative estimate of drug-likeness (QED) is 0.298. The van der Waals surface area contributed by atoms with Crippen LogP contribution in [0.1, 0.15) is 18.1 Å². The first-order chi connectivity index (χ1) is 18.5. The van der Waals surface area contributed by atoms with Crippen molar-refractivity contribution >= 4 is 45.1 Å². The van der Waals surface area contributed by atoms with Gasteiger partial charge in [-0.3, -0.25) is 9.69 Å². The SMILES string of the molecule is Cc1cc2nc(-c3ccnc(N4CCN(C(C)C(F)(F)F)CC4)n3)sc2c(-c2ccc(Cl)cc2)c1CC(=O)O. The zero-order valence-electron chi connectivity index (χ0n) is 21.2. The molecule has 1 saturated heterocycles. The topological polar surface area (TPSA) is 82.5 Å². The summed E-state index contributed by atoms with van der Waals surface area (Å²) in [6, 6.07) is 9.39. The van der Waals surface area contributed by atoms with Crippen molar-refractivity contribution < 1.29 is 23.1 Å². The third-order valence-corrected chi connectivity index (χ3v) is 8.32. The van der Waals surface area contributed by atoms with Gasteiger partial charge in [-0.05, 0) is 54.8 Å². The number of alkyl halides is 3. The largest absolute Gasteiger partial charge is 0.481 e. The standard InChI is InChI=1S/C27H25ClF3N5O2S/c1-15-13-21-24(23(19(15)14-22(37)38)17-3-5-18(28)6-4-17)39-25(33-21)20-7-8-32-26(34-20)36-11-9-35(10-12-36)16(2)27(29,30)31/h3-8,13,16H,9-12,14H2,1-2H3,(H,37,38). The molecule has 39 heavy (non-hydrogen) atoms. The summed E-state index contributed by atoms with van der Waals surface area (Å²) in [6.07, 6.45) is -2.78. The average molecular weight is 576 g/mol. The van der Waals surface area contributed by atoms with Gasteiger partial charge in [0.15, 0.2) is 0 Å². The summed E-state index contributed by atoms with van der Waals surface area (Å²) in [4.78, 5) is 28.9. The van der Waals surface area contributed by atoms with Crippen molar-refractivity contribution in [2.75, 3.05) is 31.1 Å². The fourth-order valence-corrected chi connectivity index (χ4v) is 6.02. The number of rotatable bonds is 6. The molecule has 1 N–H and O–H groups in total. The Kier molecular flexibility index (Phi) is 7.49. The van der Waals surface area contributed by atoms with Crippen molar-refractivity contribution in [1.82, 2.24) is 19.9 Å². The molecule has 5 rings (SSSR count). The molecule has 0 radical (unpaired) electrons. The number of fused-ring (bicyclic) bond motifs is 1. The maximum absolute atomic E-state index is 13.1. The lowest BCUT2D eigenvalue weighted by molar-refractivity contribution is -0.179. The zero-order valence-corrected chi connectivity index (χ0v) is 22.7. The lowest BCUT2D eigenvalue weighted by atomic mass is 9.93. The van der Waals surface area contributed by atoms with Crippen molar-refractivity contribution in [3.63, 3.8) is 0 Å². The molecule has 1 fully saturated rings. The molecule has 1 aliphatic heterocycles. The molecule has 0 aliphatic carbocycles. The fraction of sp³-hybridized carbons (Fsp3) is 0.333. The van der Waals surface area contributed by atoms with Crippen molar-refractivity contribution in [3.05, 3.63) is 58.7 Å². The van der Waals surface area contributed by atoms with Gasteiger partial charge in [-0.1, -0.05) is 23.7 Å². The number of hydrogen-bond acceptors (Lipinski definition) is 7. The van der Waals surface area contributed by atoms with E-state index in [9.17, 15) is 23.1 Å². The lowest BCUT2D eigenvalue weighted by Crippen LogP contribution is -2.54. The molecule has 1 aliphatic rings. The van der Waals surface area contributed by atoms with E-state index in [1.54, 1.807) is 24.4 Å². The highest BCUT2D eigenvalue weighted by atomic mass is 35.5. The first-order valence-electron chi connectivity index (χ1n) is 12.3. The molecule has 3 heterocycles. The van der Waals surface area contributed by atoms with E-state index in [1.165, 1.54) is 23.2 Å². The second kappa shape index (κ2) is 10.7. The predicted octanol–water partition coefficient (Wildman–Crippen LogP) is 6.08. The summed E-state index contributed by atoms with van der Waals surface area (Å²) >= 11 is 7.51. The van der Waals surface area contributed by atoms with Crippen LogP contribution in [0.4, 0.5) is 19.1 Å². The maximum atomic E-state index is 13.1. The lowest BCUT2D eigenvalue weighted by Gasteiger charge is -2.38. The molecular formula is C27H25ClF3N5O2S. The second-order valence-electron chi connectivity index (χ2n) is 9.47. The molecule has 204 valence electrons. The Balaban J connectivity index is 1.49. The minimum Gasteiger partial charge on any atom is -0.481 e. The number of aliphatic carboxylic acids is 1. The van der Waals surface area contributed by atoms with Crippen LogP contribution in [0.3, 0.4) is 0 Å². The Morgan fingerprint density at radius 2 is 1.82 bits per heavy atom. The van der Waals surface area contributed by atoms with Crippen LogP contribution < -0.4 is 4.90 Å². The van der Waals surface area contributed by atoms with E-state index < -0.39 is 18.2 Å². The molecule has 0 saturated carbocycles. The molecule has 2 aromatic carbocycles. The summed E-state index contributed by atoms with van der Waals surface area (Å²) in [6.45, 7) is 4.32. The molecule has 7 nitrogen and oxygen atoms in total. The van der Waals surface area contributed by atoms with E-state index in [0.29, 0.717) is 40.3 Å². The van der Waals surface area contributed by atoms with Gasteiger partial charge in [0.25, 0.3) is 0 Å². The highest BCUT2D eigenvalue weighted by Gasteiger charge is 2.41. The summed E-state index contributed by atoms with van der Waals surface area (Å²) in [5.74, 6) is -0.491. The van der Waals surface area contributed by atoms with E-state index in [1.807, 2.05) is 30.0 Å². The molecule has 0 spiro atoms. The van der Waals surface area contributed by atoms with E-state index in [0.717, 1.165) is 26.9 Å². The minimum absolute atomic E-state index is 0.135. The van der Waals surface area contributed by atoms with E-state index in [-0.39, 0.29) is 19.5 Å². The number of halogens is 4. The molecule has 1 atom stereocenters. The number of piperazine rings is 1. The Hall–Kier alpha value is -3.28. The van der Waals surface area contributed by atoms with Crippen molar-refractivity contribution in [3.8, 4) is 21.8 Å². The average Bonchev–Trinajstić information content (AvgIpc) is 3.32. The number of anilines is 1. The maximum Gasteiger partial charge on any atom is 0.403 e. The van der Waals surface area contributed by atoms with E-state index >= 15 is 0 Å². The molecule has 2 aromatic heterocycles. The normalized spacial score (nSPS) is 15.6. The second-order valence-corrected chi connectivity index (χ2v) is 10.9. The molecule has 12 heteroatoms. The van der Waals surface area contributed by atoms with Gasteiger partial charge in [0, 0.05) is 43.0 Å². The Bertz CT molecular complexity index is 1520. The van der Waals surface area contributed by atoms with Crippen LogP contribution in [-0.4, -0.2) is 69.3 Å². The predicted molar refractivity (Wildman–Crippen MR) is 146 cm³/mol. The summed E-state index contributed by atoms with van der Waals surface area (Å²) in [5.41, 5.74) is 4.49. The molecule has 0 bridgehead atoms. The number of benzene rings is 2. The molecular weight excluding hydrogens is 551 g/mol. The van der Waals surface area contributed by atoms with Crippen molar-refractivity contribution in [2.24, 2.45) is 0 Å². The summed E-state index contributed by atoms with van der Waals surface area (Å²) in [7, 11) is 0. The number of thiazole rings is 1. The van der Waals surface area contributed by atoms with Gasteiger partial charge in [0.1, 0.15) is 16.7 Å². The van der Waals surface area contributed by atoms with Crippen molar-refractivity contribution in [1.29, 1.82) is 0 Å². The van der Waals surface area contributed by atoms with Crippen LogP contribution in [0, 0.1) is 6.92 Å². The number of aromatic nitrogens is 3. The first-order valence-corrected chi connectivity index (χ1v) is 13.5. The number of hydrogen-bond donors (Lipinski definition) is 1. The van der Waals surface area contributed by atoms with Gasteiger partial charge < -0.3 is 10.0 Å². The van der Waals surface area contributed by atoms with Gasteiger partial charge in [-0.2, -0.15) is 13.2 Å². The Morgan fingerprint density at radius 1 is 1.13 bits per heavy atom. The van der Waals surface area contributed by atoms with Gasteiger partial charge in [-0.15, -0.1) is 11.3 Å². The summed E-state index contributed by atoms with van der Waals surface area (Å²) in [5, 5.41) is 10.8. The third-order valence-electron chi connectivity index (χ3n) is 6.95. The molecule has 1 unspecified atom stereocenters. The van der Waals surface area contributed by atoms with Crippen LogP contribution >= 0.6 is 22.9 Å².